The van der Waals surface area contributed by atoms with Crippen LogP contribution in [0.2, 0.25) is 0 Å². The number of benzene rings is 1. The fraction of sp³-hybridized carbons (Fsp3) is 0.455. The van der Waals surface area contributed by atoms with Crippen LogP contribution < -0.4 is 4.74 Å². The van der Waals surface area contributed by atoms with Crippen molar-refractivity contribution in [1.82, 2.24) is 0 Å². The first-order valence-electron chi connectivity index (χ1n) is 4.44. The SMILES string of the molecule is CSc1ccc(C)cc1OC(C)C. The zero-order valence-corrected chi connectivity index (χ0v) is 9.44. The first kappa shape index (κ1) is 10.5. The lowest BCUT2D eigenvalue weighted by Crippen LogP contribution is -2.06. The van der Waals surface area contributed by atoms with Gasteiger partial charge < -0.3 is 4.74 Å². The summed E-state index contributed by atoms with van der Waals surface area (Å²) in [6.45, 7) is 6.18. The molecule has 0 spiro atoms. The van der Waals surface area contributed by atoms with Crippen molar-refractivity contribution in [3.63, 3.8) is 0 Å². The molecule has 0 heterocycles. The summed E-state index contributed by atoms with van der Waals surface area (Å²) in [7, 11) is 0. The monoisotopic (exact) mass is 196 g/mol. The lowest BCUT2D eigenvalue weighted by molar-refractivity contribution is 0.236. The van der Waals surface area contributed by atoms with Crippen molar-refractivity contribution in [3.8, 4) is 5.75 Å². The summed E-state index contributed by atoms with van der Waals surface area (Å²) >= 11 is 1.72. The molecule has 0 N–H and O–H groups in total. The Morgan fingerprint density at radius 3 is 2.54 bits per heavy atom. The zero-order chi connectivity index (χ0) is 9.84. The maximum atomic E-state index is 5.70. The van der Waals surface area contributed by atoms with Crippen LogP contribution in [0.15, 0.2) is 23.1 Å². The minimum atomic E-state index is 0.243. The molecule has 2 heteroatoms. The summed E-state index contributed by atoms with van der Waals surface area (Å²) < 4.78 is 5.70. The molecule has 1 rings (SSSR count). The molecule has 0 aliphatic carbocycles. The molecule has 0 unspecified atom stereocenters. The molecule has 1 aromatic carbocycles. The van der Waals surface area contributed by atoms with Gasteiger partial charge >= 0.3 is 0 Å². The Labute approximate surface area is 84.5 Å². The van der Waals surface area contributed by atoms with Crippen LogP contribution in [0.4, 0.5) is 0 Å². The van der Waals surface area contributed by atoms with E-state index in [1.165, 1.54) is 10.5 Å². The molecule has 0 atom stereocenters. The number of aryl methyl sites for hydroxylation is 1. The van der Waals surface area contributed by atoms with Gasteiger partial charge in [-0.1, -0.05) is 6.07 Å². The fourth-order valence-corrected chi connectivity index (χ4v) is 1.64. The molecule has 0 saturated carbocycles. The van der Waals surface area contributed by atoms with Crippen LogP contribution in [-0.2, 0) is 0 Å². The van der Waals surface area contributed by atoms with E-state index in [1.807, 2.05) is 13.8 Å². The zero-order valence-electron chi connectivity index (χ0n) is 8.63. The summed E-state index contributed by atoms with van der Waals surface area (Å²) in [5.74, 6) is 1.00. The van der Waals surface area contributed by atoms with Gasteiger partial charge in [0.15, 0.2) is 0 Å². The van der Waals surface area contributed by atoms with Crippen LogP contribution in [0, 0.1) is 6.92 Å². The Kier molecular flexibility index (Phi) is 3.67. The maximum absolute atomic E-state index is 5.70. The van der Waals surface area contributed by atoms with Gasteiger partial charge in [0.25, 0.3) is 0 Å². The molecule has 1 aromatic rings. The van der Waals surface area contributed by atoms with E-state index in [4.69, 9.17) is 4.74 Å². The van der Waals surface area contributed by atoms with Crippen molar-refractivity contribution in [1.29, 1.82) is 0 Å². The number of hydrogen-bond acceptors (Lipinski definition) is 2. The Bertz CT molecular complexity index is 281. The van der Waals surface area contributed by atoms with Gasteiger partial charge in [0.05, 0.1) is 6.10 Å². The lowest BCUT2D eigenvalue weighted by atomic mass is 10.2. The Balaban J connectivity index is 2.94. The molecule has 0 fully saturated rings. The highest BCUT2D eigenvalue weighted by molar-refractivity contribution is 7.98. The van der Waals surface area contributed by atoms with Gasteiger partial charge in [-0.25, -0.2) is 0 Å². The van der Waals surface area contributed by atoms with Gasteiger partial charge in [-0.05, 0) is 44.7 Å². The summed E-state index contributed by atoms with van der Waals surface area (Å²) in [4.78, 5) is 1.21. The Morgan fingerprint density at radius 2 is 2.00 bits per heavy atom. The smallest absolute Gasteiger partial charge is 0.133 e. The predicted octanol–water partition coefficient (Wildman–Crippen LogP) is 3.50. The first-order valence-corrected chi connectivity index (χ1v) is 5.67. The van der Waals surface area contributed by atoms with Crippen LogP contribution in [-0.4, -0.2) is 12.4 Å². The summed E-state index contributed by atoms with van der Waals surface area (Å²) in [5.41, 5.74) is 1.24. The average molecular weight is 196 g/mol. The quantitative estimate of drug-likeness (QED) is 0.684. The van der Waals surface area contributed by atoms with E-state index in [0.717, 1.165) is 5.75 Å². The summed E-state index contributed by atoms with van der Waals surface area (Å²) in [6.07, 6.45) is 2.31. The van der Waals surface area contributed by atoms with E-state index < -0.39 is 0 Å². The standard InChI is InChI=1S/C11H16OS/c1-8(2)12-10-7-9(3)5-6-11(10)13-4/h5-8H,1-4H3. The van der Waals surface area contributed by atoms with Crippen molar-refractivity contribution in [2.24, 2.45) is 0 Å². The van der Waals surface area contributed by atoms with E-state index >= 15 is 0 Å². The van der Waals surface area contributed by atoms with Crippen LogP contribution in [0.25, 0.3) is 0 Å². The van der Waals surface area contributed by atoms with Crippen LogP contribution >= 0.6 is 11.8 Å². The third kappa shape index (κ3) is 2.96. The topological polar surface area (TPSA) is 9.23 Å². The molecule has 0 aliphatic heterocycles. The lowest BCUT2D eigenvalue weighted by Gasteiger charge is -2.13. The van der Waals surface area contributed by atoms with Crippen molar-refractivity contribution < 1.29 is 4.74 Å². The second-order valence-electron chi connectivity index (χ2n) is 3.32. The van der Waals surface area contributed by atoms with Crippen molar-refractivity contribution in [2.75, 3.05) is 6.26 Å². The molecule has 0 amide bonds. The molecule has 0 aliphatic rings. The minimum absolute atomic E-state index is 0.243. The predicted molar refractivity (Wildman–Crippen MR) is 58.7 cm³/mol. The summed E-state index contributed by atoms with van der Waals surface area (Å²) in [5, 5.41) is 0. The van der Waals surface area contributed by atoms with E-state index in [-0.39, 0.29) is 6.10 Å². The highest BCUT2D eigenvalue weighted by Crippen LogP contribution is 2.29. The van der Waals surface area contributed by atoms with Crippen LogP contribution in [0.3, 0.4) is 0 Å². The largest absolute Gasteiger partial charge is 0.490 e. The van der Waals surface area contributed by atoms with Gasteiger partial charge in [0.1, 0.15) is 5.75 Å². The van der Waals surface area contributed by atoms with Crippen LogP contribution in [0.5, 0.6) is 5.75 Å². The van der Waals surface area contributed by atoms with E-state index in [9.17, 15) is 0 Å². The normalized spacial score (nSPS) is 10.5. The van der Waals surface area contributed by atoms with Gasteiger partial charge in [-0.2, -0.15) is 0 Å². The Hall–Kier alpha value is -0.630. The van der Waals surface area contributed by atoms with Gasteiger partial charge in [0, 0.05) is 4.90 Å². The van der Waals surface area contributed by atoms with Crippen molar-refractivity contribution >= 4 is 11.8 Å². The molecule has 0 bridgehead atoms. The molecular formula is C11H16OS. The van der Waals surface area contributed by atoms with E-state index in [1.54, 1.807) is 11.8 Å². The summed E-state index contributed by atoms with van der Waals surface area (Å²) in [6, 6.07) is 6.31. The molecule has 0 saturated heterocycles. The molecular weight excluding hydrogens is 180 g/mol. The third-order valence-electron chi connectivity index (χ3n) is 1.68. The number of ether oxygens (including phenoxy) is 1. The maximum Gasteiger partial charge on any atom is 0.133 e. The Morgan fingerprint density at radius 1 is 1.31 bits per heavy atom. The fourth-order valence-electron chi connectivity index (χ4n) is 1.13. The molecule has 0 radical (unpaired) electrons. The highest BCUT2D eigenvalue weighted by atomic mass is 32.2. The molecule has 0 aromatic heterocycles. The van der Waals surface area contributed by atoms with E-state index in [0.29, 0.717) is 0 Å². The van der Waals surface area contributed by atoms with Crippen molar-refractivity contribution in [3.05, 3.63) is 23.8 Å². The number of hydrogen-bond donors (Lipinski definition) is 0. The van der Waals surface area contributed by atoms with Crippen LogP contribution in [0.1, 0.15) is 19.4 Å². The number of rotatable bonds is 3. The van der Waals surface area contributed by atoms with Gasteiger partial charge in [-0.15, -0.1) is 11.8 Å². The average Bonchev–Trinajstić information content (AvgIpc) is 2.03. The van der Waals surface area contributed by atoms with E-state index in [2.05, 4.69) is 31.4 Å². The second kappa shape index (κ2) is 4.56. The minimum Gasteiger partial charge on any atom is -0.490 e. The molecule has 1 nitrogen and oxygen atoms in total. The molecule has 72 valence electrons. The highest BCUT2D eigenvalue weighted by Gasteiger charge is 2.04. The number of thioether (sulfide) groups is 1. The first-order chi connectivity index (χ1) is 6.13. The second-order valence-corrected chi connectivity index (χ2v) is 4.17. The van der Waals surface area contributed by atoms with Gasteiger partial charge in [-0.3, -0.25) is 0 Å². The third-order valence-corrected chi connectivity index (χ3v) is 2.46. The molecule has 13 heavy (non-hydrogen) atoms. The van der Waals surface area contributed by atoms with Gasteiger partial charge in [0.2, 0.25) is 0 Å². The van der Waals surface area contributed by atoms with Crippen molar-refractivity contribution in [2.45, 2.75) is 31.8 Å².